The van der Waals surface area contributed by atoms with Crippen LogP contribution in [0.3, 0.4) is 0 Å². The second-order valence-corrected chi connectivity index (χ2v) is 4.10. The monoisotopic (exact) mass is 279 g/mol. The van der Waals surface area contributed by atoms with Crippen molar-refractivity contribution in [1.29, 1.82) is 0 Å². The molecule has 0 unspecified atom stereocenters. The van der Waals surface area contributed by atoms with E-state index in [4.69, 9.17) is 0 Å². The molecule has 0 spiro atoms. The van der Waals surface area contributed by atoms with Crippen molar-refractivity contribution in [1.82, 2.24) is 0 Å². The molecule has 0 bridgehead atoms. The van der Waals surface area contributed by atoms with Crippen LogP contribution >= 0.6 is 15.9 Å². The van der Waals surface area contributed by atoms with Crippen molar-refractivity contribution in [2.75, 3.05) is 5.32 Å². The molecular weight excluding hydrogens is 266 g/mol. The molecule has 16 heavy (non-hydrogen) atoms. The molecule has 0 aliphatic carbocycles. The summed E-state index contributed by atoms with van der Waals surface area (Å²) in [5, 5.41) is 2.80. The van der Waals surface area contributed by atoms with E-state index in [0.29, 0.717) is 0 Å². The van der Waals surface area contributed by atoms with Gasteiger partial charge in [-0.05, 0) is 41.4 Å². The number of hydrogen-bond acceptors (Lipinski definition) is 1. The van der Waals surface area contributed by atoms with Gasteiger partial charge in [-0.1, -0.05) is 30.4 Å². The van der Waals surface area contributed by atoms with E-state index in [9.17, 15) is 4.79 Å². The van der Waals surface area contributed by atoms with Gasteiger partial charge in [-0.2, -0.15) is 0 Å². The van der Waals surface area contributed by atoms with Gasteiger partial charge in [0.1, 0.15) is 0 Å². The number of hydrogen-bond donors (Lipinski definition) is 1. The Morgan fingerprint density at radius 3 is 2.81 bits per heavy atom. The number of anilines is 1. The Morgan fingerprint density at radius 1 is 1.38 bits per heavy atom. The topological polar surface area (TPSA) is 29.1 Å². The van der Waals surface area contributed by atoms with E-state index in [0.717, 1.165) is 15.7 Å². The normalized spacial score (nSPS) is 11.2. The summed E-state index contributed by atoms with van der Waals surface area (Å²) >= 11 is 3.44. The van der Waals surface area contributed by atoms with Crippen LogP contribution in [0.2, 0.25) is 0 Å². The van der Waals surface area contributed by atoms with Crippen LogP contribution < -0.4 is 5.32 Å². The molecule has 0 aliphatic rings. The van der Waals surface area contributed by atoms with Gasteiger partial charge in [0.25, 0.3) is 0 Å². The third kappa shape index (κ3) is 3.66. The molecule has 84 valence electrons. The van der Waals surface area contributed by atoms with Crippen molar-refractivity contribution in [2.24, 2.45) is 0 Å². The SMILES string of the molecule is C/C=C/C=CC(=O)Nc1cccc(C)c1Br. The van der Waals surface area contributed by atoms with Gasteiger partial charge in [-0.3, -0.25) is 4.79 Å². The number of halogens is 1. The lowest BCUT2D eigenvalue weighted by Gasteiger charge is -2.06. The summed E-state index contributed by atoms with van der Waals surface area (Å²) in [5.41, 5.74) is 1.88. The summed E-state index contributed by atoms with van der Waals surface area (Å²) in [4.78, 5) is 11.5. The Kier molecular flexibility index (Phi) is 4.99. The smallest absolute Gasteiger partial charge is 0.248 e. The maximum Gasteiger partial charge on any atom is 0.248 e. The summed E-state index contributed by atoms with van der Waals surface area (Å²) in [6.07, 6.45) is 6.88. The summed E-state index contributed by atoms with van der Waals surface area (Å²) in [6, 6.07) is 5.75. The Hall–Kier alpha value is -1.35. The predicted octanol–water partition coefficient (Wildman–Crippen LogP) is 3.83. The van der Waals surface area contributed by atoms with E-state index in [2.05, 4.69) is 21.2 Å². The van der Waals surface area contributed by atoms with Crippen LogP contribution in [0.4, 0.5) is 5.69 Å². The zero-order chi connectivity index (χ0) is 12.0. The average molecular weight is 280 g/mol. The fourth-order valence-corrected chi connectivity index (χ4v) is 1.54. The van der Waals surface area contributed by atoms with Gasteiger partial charge < -0.3 is 5.32 Å². The Balaban J connectivity index is 2.74. The predicted molar refractivity (Wildman–Crippen MR) is 71.5 cm³/mol. The van der Waals surface area contributed by atoms with Gasteiger partial charge in [0, 0.05) is 10.5 Å². The number of allylic oxidation sites excluding steroid dienone is 3. The van der Waals surface area contributed by atoms with Crippen molar-refractivity contribution in [2.45, 2.75) is 13.8 Å². The summed E-state index contributed by atoms with van der Waals surface area (Å²) < 4.78 is 0.919. The van der Waals surface area contributed by atoms with E-state index in [1.165, 1.54) is 6.08 Å². The average Bonchev–Trinajstić information content (AvgIpc) is 2.25. The zero-order valence-corrected chi connectivity index (χ0v) is 10.9. The molecule has 0 saturated heterocycles. The van der Waals surface area contributed by atoms with Crippen LogP contribution in [0.5, 0.6) is 0 Å². The summed E-state index contributed by atoms with van der Waals surface area (Å²) in [5.74, 6) is -0.135. The molecule has 0 aliphatic heterocycles. The fourth-order valence-electron chi connectivity index (χ4n) is 1.17. The first-order valence-corrected chi connectivity index (χ1v) is 5.80. The first-order valence-electron chi connectivity index (χ1n) is 5.00. The number of carbonyl (C=O) groups excluding carboxylic acids is 1. The molecule has 1 rings (SSSR count). The molecular formula is C13H14BrNO. The van der Waals surface area contributed by atoms with Gasteiger partial charge in [-0.15, -0.1) is 0 Å². The van der Waals surface area contributed by atoms with Gasteiger partial charge >= 0.3 is 0 Å². The van der Waals surface area contributed by atoms with Crippen molar-refractivity contribution >= 4 is 27.5 Å². The molecule has 1 aromatic carbocycles. The molecule has 0 heterocycles. The highest BCUT2D eigenvalue weighted by Crippen LogP contribution is 2.25. The molecule has 1 aromatic rings. The molecule has 1 N–H and O–H groups in total. The highest BCUT2D eigenvalue weighted by atomic mass is 79.9. The second kappa shape index (κ2) is 6.28. The number of carbonyl (C=O) groups is 1. The number of aryl methyl sites for hydroxylation is 1. The molecule has 0 fully saturated rings. The van der Waals surface area contributed by atoms with Crippen molar-refractivity contribution in [3.63, 3.8) is 0 Å². The maximum absolute atomic E-state index is 11.5. The molecule has 0 atom stereocenters. The van der Waals surface area contributed by atoms with Crippen LogP contribution in [0.1, 0.15) is 12.5 Å². The minimum absolute atomic E-state index is 0.135. The Bertz CT molecular complexity index is 436. The van der Waals surface area contributed by atoms with Crippen LogP contribution in [-0.4, -0.2) is 5.91 Å². The van der Waals surface area contributed by atoms with Gasteiger partial charge in [-0.25, -0.2) is 0 Å². The highest BCUT2D eigenvalue weighted by Gasteiger charge is 2.03. The first kappa shape index (κ1) is 12.7. The van der Waals surface area contributed by atoms with E-state index in [1.54, 1.807) is 6.08 Å². The standard InChI is InChI=1S/C13H14BrNO/c1-3-4-5-9-12(16)15-11-8-6-7-10(2)13(11)14/h3-9H,1-2H3,(H,15,16)/b4-3+,9-5?. The first-order chi connectivity index (χ1) is 7.65. The Morgan fingerprint density at radius 2 is 2.12 bits per heavy atom. The van der Waals surface area contributed by atoms with Gasteiger partial charge in [0.15, 0.2) is 0 Å². The lowest BCUT2D eigenvalue weighted by molar-refractivity contribution is -0.111. The van der Waals surface area contributed by atoms with E-state index >= 15 is 0 Å². The molecule has 1 amide bonds. The fraction of sp³-hybridized carbons (Fsp3) is 0.154. The van der Waals surface area contributed by atoms with E-state index < -0.39 is 0 Å². The van der Waals surface area contributed by atoms with E-state index in [1.807, 2.05) is 44.2 Å². The zero-order valence-electron chi connectivity index (χ0n) is 9.33. The summed E-state index contributed by atoms with van der Waals surface area (Å²) in [7, 11) is 0. The van der Waals surface area contributed by atoms with Gasteiger partial charge in [0.2, 0.25) is 5.91 Å². The number of benzene rings is 1. The summed E-state index contributed by atoms with van der Waals surface area (Å²) in [6.45, 7) is 3.88. The van der Waals surface area contributed by atoms with E-state index in [-0.39, 0.29) is 5.91 Å². The van der Waals surface area contributed by atoms with Gasteiger partial charge in [0.05, 0.1) is 5.69 Å². The number of nitrogens with one attached hydrogen (secondary N) is 1. The maximum atomic E-state index is 11.5. The molecule has 0 aromatic heterocycles. The quantitative estimate of drug-likeness (QED) is 0.661. The van der Waals surface area contributed by atoms with Crippen molar-refractivity contribution < 1.29 is 4.79 Å². The largest absolute Gasteiger partial charge is 0.321 e. The second-order valence-electron chi connectivity index (χ2n) is 3.31. The molecule has 3 heteroatoms. The van der Waals surface area contributed by atoms with Crippen LogP contribution in [0.25, 0.3) is 0 Å². The number of amides is 1. The van der Waals surface area contributed by atoms with Crippen molar-refractivity contribution in [3.05, 3.63) is 52.5 Å². The van der Waals surface area contributed by atoms with Crippen LogP contribution in [0, 0.1) is 6.92 Å². The Labute approximate surface area is 104 Å². The lowest BCUT2D eigenvalue weighted by Crippen LogP contribution is -2.08. The minimum Gasteiger partial charge on any atom is -0.321 e. The van der Waals surface area contributed by atoms with Crippen LogP contribution in [0.15, 0.2) is 47.0 Å². The molecule has 0 saturated carbocycles. The molecule has 0 radical (unpaired) electrons. The number of rotatable bonds is 3. The third-order valence-electron chi connectivity index (χ3n) is 2.00. The lowest BCUT2D eigenvalue weighted by atomic mass is 10.2. The van der Waals surface area contributed by atoms with Crippen molar-refractivity contribution in [3.8, 4) is 0 Å². The molecule has 2 nitrogen and oxygen atoms in total. The highest BCUT2D eigenvalue weighted by molar-refractivity contribution is 9.10. The third-order valence-corrected chi connectivity index (χ3v) is 3.05. The van der Waals surface area contributed by atoms with Crippen LogP contribution in [-0.2, 0) is 4.79 Å². The minimum atomic E-state index is -0.135.